The van der Waals surface area contributed by atoms with E-state index in [1.165, 1.54) is 11.3 Å². The Hall–Kier alpha value is -3.39. The largest absolute Gasteiger partial charge is 0.342 e. The third-order valence-electron chi connectivity index (χ3n) is 7.08. The zero-order valence-corrected chi connectivity index (χ0v) is 19.8. The molecule has 2 N–H and O–H groups in total. The van der Waals surface area contributed by atoms with E-state index in [0.717, 1.165) is 35.7 Å². The highest BCUT2D eigenvalue weighted by atomic mass is 32.1. The van der Waals surface area contributed by atoms with Crippen LogP contribution in [0.1, 0.15) is 28.9 Å². The molecular formula is C26H28N4O3S. The van der Waals surface area contributed by atoms with Crippen LogP contribution in [-0.2, 0) is 4.79 Å². The highest BCUT2D eigenvalue weighted by molar-refractivity contribution is 7.12. The van der Waals surface area contributed by atoms with Crippen LogP contribution >= 0.6 is 11.3 Å². The molecule has 2 aliphatic heterocycles. The lowest BCUT2D eigenvalue weighted by Crippen LogP contribution is -2.46. The molecule has 2 fully saturated rings. The Morgan fingerprint density at radius 2 is 1.62 bits per heavy atom. The number of benzene rings is 2. The van der Waals surface area contributed by atoms with Gasteiger partial charge in [-0.15, -0.1) is 11.3 Å². The number of hydrogen-bond acceptors (Lipinski definition) is 4. The van der Waals surface area contributed by atoms with Crippen molar-refractivity contribution in [1.82, 2.24) is 15.1 Å². The van der Waals surface area contributed by atoms with Crippen molar-refractivity contribution in [2.24, 2.45) is 5.41 Å². The van der Waals surface area contributed by atoms with Crippen LogP contribution in [0, 0.1) is 5.41 Å². The molecule has 0 saturated carbocycles. The maximum absolute atomic E-state index is 12.9. The number of hydrogen-bond donors (Lipinski definition) is 2. The fourth-order valence-corrected chi connectivity index (χ4v) is 5.67. The van der Waals surface area contributed by atoms with E-state index in [9.17, 15) is 14.4 Å². The first-order valence-corrected chi connectivity index (χ1v) is 12.5. The molecule has 4 amide bonds. The van der Waals surface area contributed by atoms with Crippen molar-refractivity contribution < 1.29 is 14.4 Å². The van der Waals surface area contributed by atoms with Gasteiger partial charge in [0.05, 0.1) is 17.1 Å². The Morgan fingerprint density at radius 1 is 0.882 bits per heavy atom. The predicted octanol–water partition coefficient (Wildman–Crippen LogP) is 4.18. The summed E-state index contributed by atoms with van der Waals surface area (Å²) in [6.45, 7) is 2.77. The van der Waals surface area contributed by atoms with Crippen LogP contribution in [-0.4, -0.2) is 60.4 Å². The van der Waals surface area contributed by atoms with E-state index in [1.807, 2.05) is 63.7 Å². The van der Waals surface area contributed by atoms with Crippen LogP contribution in [0.5, 0.6) is 0 Å². The van der Waals surface area contributed by atoms with Crippen molar-refractivity contribution in [3.63, 3.8) is 0 Å². The van der Waals surface area contributed by atoms with Crippen molar-refractivity contribution in [3.05, 3.63) is 64.9 Å². The first-order valence-electron chi connectivity index (χ1n) is 11.7. The lowest BCUT2D eigenvalue weighted by atomic mass is 9.78. The van der Waals surface area contributed by atoms with Gasteiger partial charge >= 0.3 is 6.03 Å². The highest BCUT2D eigenvalue weighted by Crippen LogP contribution is 2.40. The molecule has 176 valence electrons. The quantitative estimate of drug-likeness (QED) is 0.593. The topological polar surface area (TPSA) is 81.8 Å². The molecule has 2 aliphatic rings. The molecule has 0 atom stereocenters. The van der Waals surface area contributed by atoms with Crippen LogP contribution in [0.15, 0.2) is 60.0 Å². The first-order chi connectivity index (χ1) is 16.5. The average molecular weight is 477 g/mol. The number of nitrogens with zero attached hydrogens (tertiary/aromatic N) is 2. The van der Waals surface area contributed by atoms with Gasteiger partial charge in [-0.3, -0.25) is 9.59 Å². The van der Waals surface area contributed by atoms with E-state index in [1.54, 1.807) is 6.07 Å². The Balaban J connectivity index is 1.12. The minimum atomic E-state index is -0.206. The van der Waals surface area contributed by atoms with Crippen LogP contribution < -0.4 is 10.6 Å². The molecule has 34 heavy (non-hydrogen) atoms. The van der Waals surface area contributed by atoms with E-state index in [0.29, 0.717) is 31.1 Å². The van der Waals surface area contributed by atoms with Gasteiger partial charge in [-0.05, 0) is 47.6 Å². The monoisotopic (exact) mass is 476 g/mol. The summed E-state index contributed by atoms with van der Waals surface area (Å²) in [5.41, 5.74) is 0.884. The van der Waals surface area contributed by atoms with Gasteiger partial charge in [-0.2, -0.15) is 0 Å². The standard InChI is InChI=1S/C26H28N4O3S/c31-23(17-27-24(32)22-9-4-16-34-22)30-15-12-26(18-30)10-13-29(14-11-26)25(33)28-21-8-3-6-19-5-1-2-7-20(19)21/h1-9,16H,10-15,17-18H2,(H,27,32)(H,28,33). The third-order valence-corrected chi connectivity index (χ3v) is 7.95. The number of carbonyl (C=O) groups is 3. The molecule has 1 aromatic heterocycles. The maximum Gasteiger partial charge on any atom is 0.321 e. The second-order valence-electron chi connectivity index (χ2n) is 9.17. The third kappa shape index (κ3) is 4.63. The summed E-state index contributed by atoms with van der Waals surface area (Å²) >= 11 is 1.36. The summed E-state index contributed by atoms with van der Waals surface area (Å²) in [4.78, 5) is 42.1. The molecular weight excluding hydrogens is 448 g/mol. The zero-order valence-electron chi connectivity index (χ0n) is 19.0. The normalized spacial score (nSPS) is 17.2. The molecule has 3 aromatic rings. The summed E-state index contributed by atoms with van der Waals surface area (Å²) in [5, 5.41) is 9.78. The molecule has 7 nitrogen and oxygen atoms in total. The molecule has 0 bridgehead atoms. The molecule has 0 aliphatic carbocycles. The average Bonchev–Trinajstić information content (AvgIpc) is 3.54. The summed E-state index contributed by atoms with van der Waals surface area (Å²) in [7, 11) is 0. The van der Waals surface area contributed by atoms with Gasteiger partial charge in [0.2, 0.25) is 5.91 Å². The van der Waals surface area contributed by atoms with Crippen molar-refractivity contribution >= 4 is 45.6 Å². The van der Waals surface area contributed by atoms with Gasteiger partial charge in [-0.1, -0.05) is 42.5 Å². The van der Waals surface area contributed by atoms with Crippen molar-refractivity contribution in [2.45, 2.75) is 19.3 Å². The van der Waals surface area contributed by atoms with Crippen molar-refractivity contribution in [3.8, 4) is 0 Å². The van der Waals surface area contributed by atoms with E-state index in [2.05, 4.69) is 10.6 Å². The number of piperidine rings is 1. The van der Waals surface area contributed by atoms with Crippen LogP contribution in [0.3, 0.4) is 0 Å². The molecule has 3 heterocycles. The van der Waals surface area contributed by atoms with Gasteiger partial charge in [0.1, 0.15) is 0 Å². The van der Waals surface area contributed by atoms with Crippen LogP contribution in [0.2, 0.25) is 0 Å². The number of urea groups is 1. The fourth-order valence-electron chi connectivity index (χ4n) is 5.03. The minimum Gasteiger partial charge on any atom is -0.342 e. The summed E-state index contributed by atoms with van der Waals surface area (Å²) in [5.74, 6) is -0.249. The van der Waals surface area contributed by atoms with Gasteiger partial charge in [0.25, 0.3) is 5.91 Å². The molecule has 1 spiro atoms. The Labute approximate surface area is 202 Å². The Morgan fingerprint density at radius 3 is 2.38 bits per heavy atom. The fraction of sp³-hybridized carbons (Fsp3) is 0.346. The van der Waals surface area contributed by atoms with Crippen LogP contribution in [0.25, 0.3) is 10.8 Å². The number of rotatable bonds is 4. The van der Waals surface area contributed by atoms with E-state index >= 15 is 0 Å². The predicted molar refractivity (Wildman–Crippen MR) is 134 cm³/mol. The van der Waals surface area contributed by atoms with Gasteiger partial charge in [0, 0.05) is 31.6 Å². The van der Waals surface area contributed by atoms with Crippen LogP contribution in [0.4, 0.5) is 10.5 Å². The number of likely N-dealkylation sites (tertiary alicyclic amines) is 2. The van der Waals surface area contributed by atoms with Gasteiger partial charge < -0.3 is 20.4 Å². The number of fused-ring (bicyclic) bond motifs is 1. The van der Waals surface area contributed by atoms with Crippen molar-refractivity contribution in [2.75, 3.05) is 38.0 Å². The minimum absolute atomic E-state index is 0.0202. The second kappa shape index (κ2) is 9.46. The molecule has 8 heteroatoms. The zero-order chi connectivity index (χ0) is 23.5. The van der Waals surface area contributed by atoms with Crippen molar-refractivity contribution in [1.29, 1.82) is 0 Å². The van der Waals surface area contributed by atoms with E-state index in [-0.39, 0.29) is 29.8 Å². The summed E-state index contributed by atoms with van der Waals surface area (Å²) < 4.78 is 0. The first kappa shape index (κ1) is 22.4. The molecule has 2 saturated heterocycles. The SMILES string of the molecule is O=C(NCC(=O)N1CCC2(CCN(C(=O)Nc3cccc4ccccc34)CC2)C1)c1cccs1. The number of anilines is 1. The Kier molecular flexibility index (Phi) is 6.24. The maximum atomic E-state index is 12.9. The van der Waals surface area contributed by atoms with Gasteiger partial charge in [0.15, 0.2) is 0 Å². The lowest BCUT2D eigenvalue weighted by Gasteiger charge is -2.39. The molecule has 5 rings (SSSR count). The number of amides is 4. The molecule has 2 aromatic carbocycles. The highest BCUT2D eigenvalue weighted by Gasteiger charge is 2.42. The second-order valence-corrected chi connectivity index (χ2v) is 10.1. The lowest BCUT2D eigenvalue weighted by molar-refractivity contribution is -0.129. The number of carbonyl (C=O) groups excluding carboxylic acids is 3. The Bertz CT molecular complexity index is 1200. The molecule has 0 unspecified atom stereocenters. The van der Waals surface area contributed by atoms with Gasteiger partial charge in [-0.25, -0.2) is 4.79 Å². The number of thiophene rings is 1. The number of nitrogens with one attached hydrogen (secondary N) is 2. The summed E-state index contributed by atoms with van der Waals surface area (Å²) in [6.07, 6.45) is 2.69. The smallest absolute Gasteiger partial charge is 0.321 e. The van der Waals surface area contributed by atoms with E-state index < -0.39 is 0 Å². The van der Waals surface area contributed by atoms with E-state index in [4.69, 9.17) is 0 Å². The molecule has 0 radical (unpaired) electrons. The summed E-state index contributed by atoms with van der Waals surface area (Å²) in [6, 6.07) is 17.4.